The summed E-state index contributed by atoms with van der Waals surface area (Å²) in [5.74, 6) is -1.95. The summed E-state index contributed by atoms with van der Waals surface area (Å²) < 4.78 is 43.6. The number of hydrogen-bond acceptors (Lipinski definition) is 2. The zero-order valence-corrected chi connectivity index (χ0v) is 10.1. The first-order chi connectivity index (χ1) is 8.48. The molecule has 104 valence electrons. The highest BCUT2D eigenvalue weighted by Gasteiger charge is 2.46. The van der Waals surface area contributed by atoms with Gasteiger partial charge in [-0.2, -0.15) is 13.2 Å². The monoisotopic (exact) mass is 265 g/mol. The average molecular weight is 265 g/mol. The SMILES string of the molecule is O=C(NC1CCCCC1C(F)(F)F)C1CCOC1. The Balaban J connectivity index is 1.94. The van der Waals surface area contributed by atoms with Crippen LogP contribution in [-0.2, 0) is 9.53 Å². The highest BCUT2D eigenvalue weighted by molar-refractivity contribution is 5.79. The Morgan fingerprint density at radius 3 is 2.50 bits per heavy atom. The van der Waals surface area contributed by atoms with Crippen LogP contribution in [-0.4, -0.2) is 31.3 Å². The Morgan fingerprint density at radius 2 is 1.89 bits per heavy atom. The molecular weight excluding hydrogens is 247 g/mol. The van der Waals surface area contributed by atoms with Gasteiger partial charge in [0.1, 0.15) is 0 Å². The topological polar surface area (TPSA) is 38.3 Å². The van der Waals surface area contributed by atoms with E-state index in [9.17, 15) is 18.0 Å². The van der Waals surface area contributed by atoms with Crippen LogP contribution in [0, 0.1) is 11.8 Å². The summed E-state index contributed by atoms with van der Waals surface area (Å²) in [6, 6.07) is -0.758. The molecule has 3 atom stereocenters. The molecule has 1 N–H and O–H groups in total. The number of carbonyl (C=O) groups excluding carboxylic acids is 1. The van der Waals surface area contributed by atoms with E-state index >= 15 is 0 Å². The van der Waals surface area contributed by atoms with E-state index in [4.69, 9.17) is 4.74 Å². The van der Waals surface area contributed by atoms with Crippen molar-refractivity contribution < 1.29 is 22.7 Å². The molecule has 1 aliphatic heterocycles. The maximum atomic E-state index is 12.8. The Hall–Kier alpha value is -0.780. The van der Waals surface area contributed by atoms with Crippen LogP contribution in [0.1, 0.15) is 32.1 Å². The number of nitrogens with one attached hydrogen (secondary N) is 1. The average Bonchev–Trinajstić information content (AvgIpc) is 2.81. The van der Waals surface area contributed by atoms with Crippen molar-refractivity contribution in [1.29, 1.82) is 0 Å². The highest BCUT2D eigenvalue weighted by Crippen LogP contribution is 2.37. The standard InChI is InChI=1S/C12H18F3NO2/c13-12(14,15)9-3-1-2-4-10(9)16-11(17)8-5-6-18-7-8/h8-10H,1-7H2,(H,16,17). The molecule has 1 saturated carbocycles. The van der Waals surface area contributed by atoms with E-state index in [1.807, 2.05) is 0 Å². The van der Waals surface area contributed by atoms with Gasteiger partial charge in [0, 0.05) is 12.6 Å². The van der Waals surface area contributed by atoms with Crippen molar-refractivity contribution in [1.82, 2.24) is 5.32 Å². The van der Waals surface area contributed by atoms with E-state index in [-0.39, 0.29) is 18.2 Å². The molecule has 3 nitrogen and oxygen atoms in total. The van der Waals surface area contributed by atoms with Crippen LogP contribution in [0.15, 0.2) is 0 Å². The third-order valence-corrected chi connectivity index (χ3v) is 3.81. The van der Waals surface area contributed by atoms with Crippen LogP contribution >= 0.6 is 0 Å². The maximum absolute atomic E-state index is 12.8. The third-order valence-electron chi connectivity index (χ3n) is 3.81. The molecule has 1 aliphatic carbocycles. The summed E-state index contributed by atoms with van der Waals surface area (Å²) in [6.45, 7) is 0.848. The lowest BCUT2D eigenvalue weighted by molar-refractivity contribution is -0.189. The normalized spacial score (nSPS) is 33.4. The molecule has 0 bridgehead atoms. The number of halogens is 3. The fourth-order valence-corrected chi connectivity index (χ4v) is 2.74. The second-order valence-corrected chi connectivity index (χ2v) is 5.11. The number of alkyl halides is 3. The Morgan fingerprint density at radius 1 is 1.17 bits per heavy atom. The molecule has 1 saturated heterocycles. The maximum Gasteiger partial charge on any atom is 0.393 e. The largest absolute Gasteiger partial charge is 0.393 e. The van der Waals surface area contributed by atoms with Gasteiger partial charge in [0.2, 0.25) is 5.91 Å². The minimum Gasteiger partial charge on any atom is -0.381 e. The van der Waals surface area contributed by atoms with Gasteiger partial charge in [0.25, 0.3) is 0 Å². The molecular formula is C12H18F3NO2. The number of ether oxygens (including phenoxy) is 1. The molecule has 6 heteroatoms. The molecule has 1 heterocycles. The second kappa shape index (κ2) is 5.47. The predicted molar refractivity (Wildman–Crippen MR) is 58.9 cm³/mol. The molecule has 2 fully saturated rings. The van der Waals surface area contributed by atoms with Crippen LogP contribution in [0.5, 0.6) is 0 Å². The number of amides is 1. The van der Waals surface area contributed by atoms with Gasteiger partial charge < -0.3 is 10.1 Å². The first-order valence-corrected chi connectivity index (χ1v) is 6.43. The van der Waals surface area contributed by atoms with Crippen molar-refractivity contribution in [2.45, 2.75) is 44.3 Å². The van der Waals surface area contributed by atoms with Gasteiger partial charge in [-0.15, -0.1) is 0 Å². The van der Waals surface area contributed by atoms with Crippen molar-refractivity contribution >= 4 is 5.91 Å². The van der Waals surface area contributed by atoms with E-state index in [1.165, 1.54) is 0 Å². The van der Waals surface area contributed by atoms with Gasteiger partial charge in [-0.3, -0.25) is 4.79 Å². The number of rotatable bonds is 2. The Kier molecular flexibility index (Phi) is 4.14. The lowest BCUT2D eigenvalue weighted by Crippen LogP contribution is -2.49. The first kappa shape index (κ1) is 13.6. The summed E-state index contributed by atoms with van der Waals surface area (Å²) >= 11 is 0. The summed E-state index contributed by atoms with van der Waals surface area (Å²) in [6.07, 6.45) is -1.74. The highest BCUT2D eigenvalue weighted by atomic mass is 19.4. The van der Waals surface area contributed by atoms with Crippen LogP contribution in [0.25, 0.3) is 0 Å². The van der Waals surface area contributed by atoms with Crippen molar-refractivity contribution in [2.75, 3.05) is 13.2 Å². The molecule has 3 unspecified atom stereocenters. The van der Waals surface area contributed by atoms with E-state index in [0.29, 0.717) is 32.5 Å². The van der Waals surface area contributed by atoms with E-state index < -0.39 is 18.1 Å². The van der Waals surface area contributed by atoms with Gasteiger partial charge in [-0.1, -0.05) is 12.8 Å². The lowest BCUT2D eigenvalue weighted by atomic mass is 9.83. The minimum absolute atomic E-state index is 0.121. The molecule has 0 aromatic carbocycles. The molecule has 0 spiro atoms. The van der Waals surface area contributed by atoms with Gasteiger partial charge in [0.15, 0.2) is 0 Å². The molecule has 0 radical (unpaired) electrons. The Labute approximate surface area is 104 Å². The summed E-state index contributed by atoms with van der Waals surface area (Å²) in [5, 5.41) is 2.58. The van der Waals surface area contributed by atoms with Gasteiger partial charge in [-0.05, 0) is 19.3 Å². The van der Waals surface area contributed by atoms with Crippen molar-refractivity contribution in [2.24, 2.45) is 11.8 Å². The smallest absolute Gasteiger partial charge is 0.381 e. The van der Waals surface area contributed by atoms with Crippen LogP contribution < -0.4 is 5.32 Å². The van der Waals surface area contributed by atoms with Gasteiger partial charge >= 0.3 is 6.18 Å². The fourth-order valence-electron chi connectivity index (χ4n) is 2.74. The van der Waals surface area contributed by atoms with E-state index in [1.54, 1.807) is 0 Å². The van der Waals surface area contributed by atoms with E-state index in [0.717, 1.165) is 6.42 Å². The summed E-state index contributed by atoms with van der Waals surface area (Å²) in [5.41, 5.74) is 0. The number of carbonyl (C=O) groups is 1. The van der Waals surface area contributed by atoms with Crippen molar-refractivity contribution in [3.05, 3.63) is 0 Å². The zero-order chi connectivity index (χ0) is 13.2. The fraction of sp³-hybridized carbons (Fsp3) is 0.917. The second-order valence-electron chi connectivity index (χ2n) is 5.11. The quantitative estimate of drug-likeness (QED) is 0.831. The molecule has 0 aromatic rings. The third kappa shape index (κ3) is 3.16. The van der Waals surface area contributed by atoms with Crippen LogP contribution in [0.2, 0.25) is 0 Å². The zero-order valence-electron chi connectivity index (χ0n) is 10.1. The van der Waals surface area contributed by atoms with Gasteiger partial charge in [0.05, 0.1) is 18.4 Å². The molecule has 2 rings (SSSR count). The summed E-state index contributed by atoms with van der Waals surface area (Å²) in [7, 11) is 0. The predicted octanol–water partition coefficient (Wildman–Crippen LogP) is 2.26. The van der Waals surface area contributed by atoms with E-state index in [2.05, 4.69) is 5.32 Å². The molecule has 18 heavy (non-hydrogen) atoms. The van der Waals surface area contributed by atoms with Crippen molar-refractivity contribution in [3.8, 4) is 0 Å². The number of hydrogen-bond donors (Lipinski definition) is 1. The van der Waals surface area contributed by atoms with Gasteiger partial charge in [-0.25, -0.2) is 0 Å². The first-order valence-electron chi connectivity index (χ1n) is 6.43. The van der Waals surface area contributed by atoms with Crippen molar-refractivity contribution in [3.63, 3.8) is 0 Å². The Bertz CT molecular complexity index is 300. The van der Waals surface area contributed by atoms with Crippen LogP contribution in [0.3, 0.4) is 0 Å². The molecule has 1 amide bonds. The molecule has 0 aromatic heterocycles. The molecule has 2 aliphatic rings. The lowest BCUT2D eigenvalue weighted by Gasteiger charge is -2.34. The summed E-state index contributed by atoms with van der Waals surface area (Å²) in [4.78, 5) is 11.8. The van der Waals surface area contributed by atoms with Crippen LogP contribution in [0.4, 0.5) is 13.2 Å². The minimum atomic E-state index is -4.22.